The highest BCUT2D eigenvalue weighted by Gasteiger charge is 2.34. The van der Waals surface area contributed by atoms with Crippen LogP contribution in [0.1, 0.15) is 37.8 Å². The largest absolute Gasteiger partial charge is 0.506 e. The molecule has 1 fully saturated rings. The Morgan fingerprint density at radius 3 is 2.50 bits per heavy atom. The van der Waals surface area contributed by atoms with Crippen molar-refractivity contribution in [2.75, 3.05) is 10.6 Å². The molecule has 1 heterocycles. The maximum Gasteiger partial charge on any atom is 0.433 e. The van der Waals surface area contributed by atoms with Crippen LogP contribution in [0.15, 0.2) is 24.3 Å². The number of benzene rings is 1. The third-order valence-corrected chi connectivity index (χ3v) is 4.41. The van der Waals surface area contributed by atoms with E-state index >= 15 is 0 Å². The van der Waals surface area contributed by atoms with Gasteiger partial charge in [-0.2, -0.15) is 18.2 Å². The van der Waals surface area contributed by atoms with Crippen molar-refractivity contribution in [1.82, 2.24) is 9.97 Å². The van der Waals surface area contributed by atoms with Gasteiger partial charge in [0.05, 0.1) is 5.69 Å². The molecule has 140 valence electrons. The van der Waals surface area contributed by atoms with Crippen molar-refractivity contribution in [3.63, 3.8) is 0 Å². The summed E-state index contributed by atoms with van der Waals surface area (Å²) in [5.74, 6) is -0.317. The zero-order valence-corrected chi connectivity index (χ0v) is 14.5. The number of aromatic nitrogens is 2. The zero-order chi connectivity index (χ0) is 18.7. The second-order valence-electron chi connectivity index (χ2n) is 6.23. The number of alkyl halides is 3. The van der Waals surface area contributed by atoms with E-state index in [9.17, 15) is 18.3 Å². The van der Waals surface area contributed by atoms with E-state index in [2.05, 4.69) is 20.6 Å². The highest BCUT2D eigenvalue weighted by atomic mass is 35.5. The van der Waals surface area contributed by atoms with Gasteiger partial charge in [-0.25, -0.2) is 4.98 Å². The number of anilines is 3. The molecule has 3 rings (SSSR count). The Labute approximate surface area is 153 Å². The van der Waals surface area contributed by atoms with E-state index < -0.39 is 11.9 Å². The molecular weight excluding hydrogens is 369 g/mol. The maximum absolute atomic E-state index is 13.2. The lowest BCUT2D eigenvalue weighted by Gasteiger charge is -2.23. The molecule has 0 unspecified atom stereocenters. The van der Waals surface area contributed by atoms with E-state index in [-0.39, 0.29) is 29.2 Å². The topological polar surface area (TPSA) is 70.1 Å². The maximum atomic E-state index is 13.2. The smallest absolute Gasteiger partial charge is 0.433 e. The minimum Gasteiger partial charge on any atom is -0.506 e. The molecule has 1 saturated carbocycles. The summed E-state index contributed by atoms with van der Waals surface area (Å²) >= 11 is 5.87. The summed E-state index contributed by atoms with van der Waals surface area (Å²) in [5, 5.41) is 15.9. The summed E-state index contributed by atoms with van der Waals surface area (Å²) in [6.07, 6.45) is 0.312. The van der Waals surface area contributed by atoms with E-state index in [0.29, 0.717) is 5.02 Å². The van der Waals surface area contributed by atoms with Crippen LogP contribution < -0.4 is 10.6 Å². The fourth-order valence-electron chi connectivity index (χ4n) is 2.90. The lowest BCUT2D eigenvalue weighted by atomic mass is 9.96. The lowest BCUT2D eigenvalue weighted by Crippen LogP contribution is -2.24. The number of nitrogens with one attached hydrogen (secondary N) is 2. The first-order valence-electron chi connectivity index (χ1n) is 8.29. The Bertz CT molecular complexity index is 779. The minimum absolute atomic E-state index is 0.0552. The van der Waals surface area contributed by atoms with Gasteiger partial charge in [0.2, 0.25) is 5.95 Å². The predicted molar refractivity (Wildman–Crippen MR) is 93.9 cm³/mol. The lowest BCUT2D eigenvalue weighted by molar-refractivity contribution is -0.141. The molecule has 26 heavy (non-hydrogen) atoms. The van der Waals surface area contributed by atoms with E-state index in [1.165, 1.54) is 18.2 Å². The van der Waals surface area contributed by atoms with Crippen LogP contribution in [0.4, 0.5) is 30.6 Å². The predicted octanol–water partition coefficient (Wildman–Crippen LogP) is 5.34. The van der Waals surface area contributed by atoms with E-state index in [0.717, 1.165) is 38.2 Å². The van der Waals surface area contributed by atoms with Crippen LogP contribution in [0.25, 0.3) is 0 Å². The van der Waals surface area contributed by atoms with Gasteiger partial charge >= 0.3 is 6.18 Å². The van der Waals surface area contributed by atoms with Crippen LogP contribution in [-0.2, 0) is 6.18 Å². The molecule has 3 N–H and O–H groups in total. The third-order valence-electron chi connectivity index (χ3n) is 4.18. The van der Waals surface area contributed by atoms with Gasteiger partial charge in [0, 0.05) is 17.1 Å². The van der Waals surface area contributed by atoms with Crippen molar-refractivity contribution >= 4 is 29.1 Å². The molecule has 1 aromatic carbocycles. The van der Waals surface area contributed by atoms with Crippen molar-refractivity contribution in [1.29, 1.82) is 0 Å². The van der Waals surface area contributed by atoms with Gasteiger partial charge in [-0.1, -0.05) is 30.9 Å². The molecule has 1 aliphatic rings. The molecule has 0 saturated heterocycles. The average molecular weight is 387 g/mol. The van der Waals surface area contributed by atoms with Crippen LogP contribution in [-0.4, -0.2) is 21.1 Å². The van der Waals surface area contributed by atoms with Crippen molar-refractivity contribution in [3.8, 4) is 5.75 Å². The molecule has 1 aromatic heterocycles. The summed E-state index contributed by atoms with van der Waals surface area (Å²) in [6.45, 7) is 0. The fraction of sp³-hybridized carbons (Fsp3) is 0.412. The second kappa shape index (κ2) is 7.57. The summed E-state index contributed by atoms with van der Waals surface area (Å²) in [7, 11) is 0. The van der Waals surface area contributed by atoms with E-state index in [1.54, 1.807) is 0 Å². The summed E-state index contributed by atoms with van der Waals surface area (Å²) in [6, 6.07) is 5.07. The molecule has 1 aliphatic carbocycles. The first-order valence-corrected chi connectivity index (χ1v) is 8.67. The third kappa shape index (κ3) is 4.69. The van der Waals surface area contributed by atoms with Gasteiger partial charge in [0.1, 0.15) is 11.6 Å². The number of hydrogen-bond donors (Lipinski definition) is 3. The number of rotatable bonds is 4. The number of nitrogens with zero attached hydrogens (tertiary/aromatic N) is 2. The van der Waals surface area contributed by atoms with Crippen molar-refractivity contribution < 1.29 is 18.3 Å². The molecule has 0 spiro atoms. The van der Waals surface area contributed by atoms with Crippen molar-refractivity contribution in [3.05, 3.63) is 35.0 Å². The van der Waals surface area contributed by atoms with Gasteiger partial charge in [0.15, 0.2) is 5.69 Å². The van der Waals surface area contributed by atoms with Crippen LogP contribution in [0.3, 0.4) is 0 Å². The van der Waals surface area contributed by atoms with Gasteiger partial charge in [0.25, 0.3) is 0 Å². The SMILES string of the molecule is Oc1ccc(Cl)cc1Nc1cc(C(F)(F)F)nc(NC2CCCCC2)n1. The summed E-state index contributed by atoms with van der Waals surface area (Å²) in [5.41, 5.74) is -0.900. The van der Waals surface area contributed by atoms with E-state index in [1.807, 2.05) is 0 Å². The second-order valence-corrected chi connectivity index (χ2v) is 6.66. The number of hydrogen-bond acceptors (Lipinski definition) is 5. The molecular formula is C17H18ClF3N4O. The van der Waals surface area contributed by atoms with Gasteiger partial charge in [-0.15, -0.1) is 0 Å². The monoisotopic (exact) mass is 386 g/mol. The first kappa shape index (κ1) is 18.6. The highest BCUT2D eigenvalue weighted by Crippen LogP contribution is 2.33. The fourth-order valence-corrected chi connectivity index (χ4v) is 3.07. The van der Waals surface area contributed by atoms with Crippen molar-refractivity contribution in [2.24, 2.45) is 0 Å². The minimum atomic E-state index is -4.61. The number of phenolic OH excluding ortho intramolecular Hbond substituents is 1. The summed E-state index contributed by atoms with van der Waals surface area (Å²) in [4.78, 5) is 7.72. The van der Waals surface area contributed by atoms with Crippen LogP contribution in [0, 0.1) is 0 Å². The molecule has 0 bridgehead atoms. The summed E-state index contributed by atoms with van der Waals surface area (Å²) < 4.78 is 39.6. The highest BCUT2D eigenvalue weighted by molar-refractivity contribution is 6.30. The Morgan fingerprint density at radius 1 is 1.08 bits per heavy atom. The first-order chi connectivity index (χ1) is 12.3. The molecule has 0 atom stereocenters. The number of aromatic hydroxyl groups is 1. The zero-order valence-electron chi connectivity index (χ0n) is 13.8. The van der Waals surface area contributed by atoms with Crippen LogP contribution in [0.5, 0.6) is 5.75 Å². The van der Waals surface area contributed by atoms with Gasteiger partial charge < -0.3 is 15.7 Å². The molecule has 2 aromatic rings. The average Bonchev–Trinajstić information content (AvgIpc) is 2.58. The van der Waals surface area contributed by atoms with Gasteiger partial charge in [-0.05, 0) is 31.0 Å². The van der Waals surface area contributed by atoms with Crippen LogP contribution in [0.2, 0.25) is 5.02 Å². The van der Waals surface area contributed by atoms with Crippen LogP contribution >= 0.6 is 11.6 Å². The molecule has 9 heteroatoms. The standard InChI is InChI=1S/C17H18ClF3N4O/c18-10-6-7-13(26)12(8-10)23-15-9-14(17(19,20)21)24-16(25-15)22-11-4-2-1-3-5-11/h6-9,11,26H,1-5H2,(H2,22,23,24,25). The number of phenols is 1. The van der Waals surface area contributed by atoms with Crippen molar-refractivity contribution in [2.45, 2.75) is 44.3 Å². The molecule has 5 nitrogen and oxygen atoms in total. The Hall–Kier alpha value is -2.22. The Balaban J connectivity index is 1.90. The Kier molecular flexibility index (Phi) is 5.41. The molecule has 0 radical (unpaired) electrons. The van der Waals surface area contributed by atoms with Gasteiger partial charge in [-0.3, -0.25) is 0 Å². The quantitative estimate of drug-likeness (QED) is 0.618. The Morgan fingerprint density at radius 2 is 1.81 bits per heavy atom. The molecule has 0 aliphatic heterocycles. The molecule has 0 amide bonds. The van der Waals surface area contributed by atoms with E-state index in [4.69, 9.17) is 11.6 Å². The number of halogens is 4. The normalized spacial score (nSPS) is 15.7.